The minimum atomic E-state index is -0.844. The summed E-state index contributed by atoms with van der Waals surface area (Å²) in [7, 11) is 0. The number of nitrogens with zero attached hydrogens (tertiary/aromatic N) is 1. The number of aliphatic carboxylic acids is 1. The molecule has 3 N–H and O–H groups in total. The number of aromatic nitrogens is 1. The van der Waals surface area contributed by atoms with E-state index in [9.17, 15) is 4.79 Å². The van der Waals surface area contributed by atoms with Crippen LogP contribution in [0.2, 0.25) is 0 Å². The summed E-state index contributed by atoms with van der Waals surface area (Å²) in [5, 5.41) is 8.49. The van der Waals surface area contributed by atoms with E-state index in [-0.39, 0.29) is 12.5 Å². The van der Waals surface area contributed by atoms with Crippen LogP contribution >= 0.6 is 0 Å². The molecule has 1 aromatic heterocycles. The number of carboxylic acid groups (broad SMARTS) is 1. The highest BCUT2D eigenvalue weighted by molar-refractivity contribution is 5.67. The first kappa shape index (κ1) is 10.7. The first-order valence-corrected chi connectivity index (χ1v) is 4.55. The zero-order valence-electron chi connectivity index (χ0n) is 7.89. The summed E-state index contributed by atoms with van der Waals surface area (Å²) < 4.78 is 0. The van der Waals surface area contributed by atoms with Crippen molar-refractivity contribution in [3.05, 3.63) is 30.1 Å². The van der Waals surface area contributed by atoms with Crippen molar-refractivity contribution in [3.8, 4) is 0 Å². The van der Waals surface area contributed by atoms with Crippen molar-refractivity contribution in [2.45, 2.75) is 25.3 Å². The Morgan fingerprint density at radius 1 is 1.64 bits per heavy atom. The molecule has 0 amide bonds. The van der Waals surface area contributed by atoms with E-state index in [2.05, 4.69) is 4.98 Å². The van der Waals surface area contributed by atoms with Crippen molar-refractivity contribution < 1.29 is 9.90 Å². The molecule has 0 bridgehead atoms. The number of carboxylic acids is 1. The lowest BCUT2D eigenvalue weighted by Crippen LogP contribution is -2.24. The normalized spacial score (nSPS) is 12.4. The van der Waals surface area contributed by atoms with Gasteiger partial charge in [0.25, 0.3) is 0 Å². The maximum Gasteiger partial charge on any atom is 0.304 e. The van der Waals surface area contributed by atoms with E-state index in [0.717, 1.165) is 12.0 Å². The van der Waals surface area contributed by atoms with E-state index in [1.54, 1.807) is 12.4 Å². The van der Waals surface area contributed by atoms with Gasteiger partial charge in [-0.1, -0.05) is 6.07 Å². The SMILES string of the molecule is N[C@@H](CCc1cccnc1)CC(=O)O. The second-order valence-corrected chi connectivity index (χ2v) is 3.26. The van der Waals surface area contributed by atoms with Gasteiger partial charge < -0.3 is 10.8 Å². The van der Waals surface area contributed by atoms with Crippen LogP contribution in [0.4, 0.5) is 0 Å². The third-order valence-corrected chi connectivity index (χ3v) is 1.96. The third kappa shape index (κ3) is 4.00. The van der Waals surface area contributed by atoms with E-state index in [1.807, 2.05) is 12.1 Å². The minimum absolute atomic E-state index is 0.0280. The van der Waals surface area contributed by atoms with Crippen LogP contribution < -0.4 is 5.73 Å². The van der Waals surface area contributed by atoms with Crippen LogP contribution in [0.3, 0.4) is 0 Å². The fraction of sp³-hybridized carbons (Fsp3) is 0.400. The van der Waals surface area contributed by atoms with Gasteiger partial charge in [-0.2, -0.15) is 0 Å². The molecule has 0 aromatic carbocycles. The van der Waals surface area contributed by atoms with Crippen molar-refractivity contribution in [2.75, 3.05) is 0 Å². The lowest BCUT2D eigenvalue weighted by Gasteiger charge is -2.07. The zero-order valence-corrected chi connectivity index (χ0v) is 7.89. The first-order chi connectivity index (χ1) is 6.68. The van der Waals surface area contributed by atoms with Crippen LogP contribution in [0.1, 0.15) is 18.4 Å². The summed E-state index contributed by atoms with van der Waals surface area (Å²) >= 11 is 0. The Balaban J connectivity index is 2.30. The lowest BCUT2D eigenvalue weighted by atomic mass is 10.1. The summed E-state index contributed by atoms with van der Waals surface area (Å²) in [5.74, 6) is -0.844. The third-order valence-electron chi connectivity index (χ3n) is 1.96. The summed E-state index contributed by atoms with van der Waals surface area (Å²) in [6.45, 7) is 0. The van der Waals surface area contributed by atoms with Crippen molar-refractivity contribution in [1.82, 2.24) is 4.98 Å². The van der Waals surface area contributed by atoms with Crippen LogP contribution in [0, 0.1) is 0 Å². The van der Waals surface area contributed by atoms with Gasteiger partial charge in [0.2, 0.25) is 0 Å². The number of carbonyl (C=O) groups is 1. The highest BCUT2D eigenvalue weighted by Gasteiger charge is 2.07. The van der Waals surface area contributed by atoms with Crippen LogP contribution in [-0.2, 0) is 11.2 Å². The minimum Gasteiger partial charge on any atom is -0.481 e. The topological polar surface area (TPSA) is 76.2 Å². The summed E-state index contributed by atoms with van der Waals surface area (Å²) in [6, 6.07) is 3.55. The standard InChI is InChI=1S/C10H14N2O2/c11-9(6-10(13)14)4-3-8-2-1-5-12-7-8/h1-2,5,7,9H,3-4,6,11H2,(H,13,14)/t9-/m0/s1. The van der Waals surface area contributed by atoms with Gasteiger partial charge in [0.05, 0.1) is 6.42 Å². The van der Waals surface area contributed by atoms with Crippen molar-refractivity contribution in [1.29, 1.82) is 0 Å². The molecule has 1 atom stereocenters. The number of pyridine rings is 1. The first-order valence-electron chi connectivity index (χ1n) is 4.55. The average Bonchev–Trinajstić information content (AvgIpc) is 2.15. The Morgan fingerprint density at radius 3 is 3.00 bits per heavy atom. The molecule has 1 aromatic rings. The number of hydrogen-bond acceptors (Lipinski definition) is 3. The molecule has 0 aliphatic heterocycles. The molecule has 0 aliphatic rings. The van der Waals surface area contributed by atoms with Crippen molar-refractivity contribution >= 4 is 5.97 Å². The largest absolute Gasteiger partial charge is 0.481 e. The van der Waals surface area contributed by atoms with E-state index in [0.29, 0.717) is 6.42 Å². The predicted octanol–water partition coefficient (Wildman–Crippen LogP) is 0.816. The van der Waals surface area contributed by atoms with Gasteiger partial charge in [-0.15, -0.1) is 0 Å². The highest BCUT2D eigenvalue weighted by Crippen LogP contribution is 2.04. The van der Waals surface area contributed by atoms with Gasteiger partial charge in [0.1, 0.15) is 0 Å². The van der Waals surface area contributed by atoms with Crippen LogP contribution in [-0.4, -0.2) is 22.1 Å². The monoisotopic (exact) mass is 194 g/mol. The average molecular weight is 194 g/mol. The van der Waals surface area contributed by atoms with E-state index < -0.39 is 5.97 Å². The van der Waals surface area contributed by atoms with Gasteiger partial charge >= 0.3 is 5.97 Å². The summed E-state index contributed by atoms with van der Waals surface area (Å²) in [6.07, 6.45) is 4.97. The van der Waals surface area contributed by atoms with E-state index in [4.69, 9.17) is 10.8 Å². The maximum absolute atomic E-state index is 10.3. The summed E-state index contributed by atoms with van der Waals surface area (Å²) in [4.78, 5) is 14.3. The summed E-state index contributed by atoms with van der Waals surface area (Å²) in [5.41, 5.74) is 6.71. The van der Waals surface area contributed by atoms with Gasteiger partial charge in [0.15, 0.2) is 0 Å². The molecule has 4 heteroatoms. The molecule has 14 heavy (non-hydrogen) atoms. The molecular weight excluding hydrogens is 180 g/mol. The van der Waals surface area contributed by atoms with E-state index in [1.165, 1.54) is 0 Å². The van der Waals surface area contributed by atoms with Gasteiger partial charge in [-0.25, -0.2) is 0 Å². The highest BCUT2D eigenvalue weighted by atomic mass is 16.4. The predicted molar refractivity (Wildman–Crippen MR) is 52.8 cm³/mol. The molecule has 1 heterocycles. The number of hydrogen-bond donors (Lipinski definition) is 2. The molecular formula is C10H14N2O2. The number of aryl methyl sites for hydroxylation is 1. The molecule has 4 nitrogen and oxygen atoms in total. The second kappa shape index (κ2) is 5.34. The Hall–Kier alpha value is -1.42. The lowest BCUT2D eigenvalue weighted by molar-refractivity contribution is -0.137. The van der Waals surface area contributed by atoms with Gasteiger partial charge in [-0.3, -0.25) is 9.78 Å². The second-order valence-electron chi connectivity index (χ2n) is 3.26. The Kier molecular flexibility index (Phi) is 4.07. The van der Waals surface area contributed by atoms with Gasteiger partial charge in [-0.05, 0) is 24.5 Å². The number of nitrogens with two attached hydrogens (primary N) is 1. The fourth-order valence-corrected chi connectivity index (χ4v) is 1.22. The van der Waals surface area contributed by atoms with E-state index >= 15 is 0 Å². The Morgan fingerprint density at radius 2 is 2.43 bits per heavy atom. The Bertz CT molecular complexity index is 287. The van der Waals surface area contributed by atoms with Gasteiger partial charge in [0, 0.05) is 18.4 Å². The van der Waals surface area contributed by atoms with Crippen molar-refractivity contribution in [3.63, 3.8) is 0 Å². The van der Waals surface area contributed by atoms with Crippen molar-refractivity contribution in [2.24, 2.45) is 5.73 Å². The van der Waals surface area contributed by atoms with Crippen LogP contribution in [0.15, 0.2) is 24.5 Å². The maximum atomic E-state index is 10.3. The zero-order chi connectivity index (χ0) is 10.4. The molecule has 0 saturated heterocycles. The van der Waals surface area contributed by atoms with Crippen LogP contribution in [0.5, 0.6) is 0 Å². The smallest absolute Gasteiger partial charge is 0.304 e. The van der Waals surface area contributed by atoms with Crippen LogP contribution in [0.25, 0.3) is 0 Å². The quantitative estimate of drug-likeness (QED) is 0.727. The molecule has 0 aliphatic carbocycles. The molecule has 0 saturated carbocycles. The molecule has 0 radical (unpaired) electrons. The molecule has 76 valence electrons. The molecule has 1 rings (SSSR count). The Labute approximate surface area is 82.8 Å². The number of rotatable bonds is 5. The molecule has 0 spiro atoms. The fourth-order valence-electron chi connectivity index (χ4n) is 1.22. The molecule has 0 fully saturated rings. The molecule has 0 unspecified atom stereocenters.